The molecule has 0 aliphatic rings. The monoisotopic (exact) mass is 764 g/mol. The Morgan fingerprint density at radius 3 is 1.55 bits per heavy atom. The van der Waals surface area contributed by atoms with Gasteiger partial charge in [-0.1, -0.05) is 200 Å². The van der Waals surface area contributed by atoms with E-state index in [9.17, 15) is 0 Å². The van der Waals surface area contributed by atoms with E-state index in [1.165, 1.54) is 54.9 Å². The zero-order valence-corrected chi connectivity index (χ0v) is 33.0. The maximum absolute atomic E-state index is 2.48. The Morgan fingerprint density at radius 2 is 0.800 bits per heavy atom. The number of aromatic nitrogens is 1. The predicted molar refractivity (Wildman–Crippen MR) is 255 cm³/mol. The van der Waals surface area contributed by atoms with E-state index in [1.54, 1.807) is 0 Å². The molecule has 0 N–H and O–H groups in total. The summed E-state index contributed by atoms with van der Waals surface area (Å²) < 4.78 is 2.46. The van der Waals surface area contributed by atoms with Crippen LogP contribution in [0.1, 0.15) is 0 Å². The molecular formula is C58H40N2. The summed E-state index contributed by atoms with van der Waals surface area (Å²) in [5, 5.41) is 4.88. The second-order valence-electron chi connectivity index (χ2n) is 15.3. The second-order valence-corrected chi connectivity index (χ2v) is 15.3. The lowest BCUT2D eigenvalue weighted by Gasteiger charge is -2.31. The van der Waals surface area contributed by atoms with Crippen LogP contribution in [-0.4, -0.2) is 4.57 Å². The van der Waals surface area contributed by atoms with Gasteiger partial charge in [0.05, 0.1) is 22.4 Å². The number of fused-ring (bicyclic) bond motifs is 4. The number of hydrogen-bond acceptors (Lipinski definition) is 1. The normalized spacial score (nSPS) is 11.3. The van der Waals surface area contributed by atoms with Gasteiger partial charge >= 0.3 is 0 Å². The molecule has 2 nitrogen and oxygen atoms in total. The molecule has 0 amide bonds. The summed E-state index contributed by atoms with van der Waals surface area (Å²) in [7, 11) is 0. The Morgan fingerprint density at radius 1 is 0.283 bits per heavy atom. The van der Waals surface area contributed by atoms with Crippen LogP contribution in [0.25, 0.3) is 82.8 Å². The number of anilines is 3. The zero-order valence-electron chi connectivity index (χ0n) is 33.0. The molecular weight excluding hydrogens is 725 g/mol. The predicted octanol–water partition coefficient (Wildman–Crippen LogP) is 16.1. The third-order valence-electron chi connectivity index (χ3n) is 11.8. The highest BCUT2D eigenvalue weighted by Crippen LogP contribution is 2.48. The molecule has 2 heteroatoms. The molecule has 0 bridgehead atoms. The molecule has 0 radical (unpaired) electrons. The standard InChI is InChI=1S/C58H40N2/c1-4-17-41(18-5-1)43-33-35-48(36-34-43)59(58-51(45-22-8-3-9-23-45)27-16-28-52(58)47-32-31-42-19-10-11-24-46(42)39-47)49-37-38-54-53-26-13-15-30-56(53)60(57(54)40-49)55-29-14-12-25-50(55)44-20-6-2-7-21-44/h1-40H. The van der Waals surface area contributed by atoms with Crippen molar-refractivity contribution in [2.24, 2.45) is 0 Å². The molecule has 1 aromatic heterocycles. The van der Waals surface area contributed by atoms with Crippen LogP contribution in [0.5, 0.6) is 0 Å². The molecule has 0 saturated heterocycles. The Bertz CT molecular complexity index is 3290. The summed E-state index contributed by atoms with van der Waals surface area (Å²) in [5.41, 5.74) is 16.1. The van der Waals surface area contributed by atoms with Crippen molar-refractivity contribution in [3.63, 3.8) is 0 Å². The van der Waals surface area contributed by atoms with Gasteiger partial charge in [0.1, 0.15) is 0 Å². The average Bonchev–Trinajstić information content (AvgIpc) is 3.66. The first-order chi connectivity index (χ1) is 29.8. The van der Waals surface area contributed by atoms with Gasteiger partial charge in [0, 0.05) is 38.8 Å². The van der Waals surface area contributed by atoms with E-state index < -0.39 is 0 Å². The molecule has 282 valence electrons. The van der Waals surface area contributed by atoms with Gasteiger partial charge in [0.25, 0.3) is 0 Å². The van der Waals surface area contributed by atoms with Crippen LogP contribution in [0.3, 0.4) is 0 Å². The van der Waals surface area contributed by atoms with Gasteiger partial charge in [-0.05, 0) is 81.1 Å². The van der Waals surface area contributed by atoms with Gasteiger partial charge in [-0.2, -0.15) is 0 Å². The van der Waals surface area contributed by atoms with Gasteiger partial charge in [-0.25, -0.2) is 0 Å². The lowest BCUT2D eigenvalue weighted by atomic mass is 9.93. The van der Waals surface area contributed by atoms with Crippen LogP contribution in [0.15, 0.2) is 243 Å². The lowest BCUT2D eigenvalue weighted by molar-refractivity contribution is 1.18. The first-order valence-electron chi connectivity index (χ1n) is 20.6. The first-order valence-corrected chi connectivity index (χ1v) is 20.6. The van der Waals surface area contributed by atoms with E-state index in [1.807, 2.05) is 0 Å². The van der Waals surface area contributed by atoms with Crippen molar-refractivity contribution in [1.82, 2.24) is 4.57 Å². The SMILES string of the molecule is c1ccc(-c2ccc(N(c3ccc4c5ccccc5n(-c5ccccc5-c5ccccc5)c4c3)c3c(-c4ccccc4)cccc3-c3ccc4ccccc4c3)cc2)cc1. The molecule has 1 heterocycles. The third kappa shape index (κ3) is 6.23. The Kier molecular flexibility index (Phi) is 8.87. The number of benzene rings is 10. The fourth-order valence-corrected chi connectivity index (χ4v) is 8.95. The molecule has 11 rings (SSSR count). The summed E-state index contributed by atoms with van der Waals surface area (Å²) in [5.74, 6) is 0. The van der Waals surface area contributed by atoms with Gasteiger partial charge in [-0.3, -0.25) is 0 Å². The minimum absolute atomic E-state index is 1.07. The van der Waals surface area contributed by atoms with Crippen LogP contribution < -0.4 is 4.90 Å². The Labute approximate surface area is 350 Å². The van der Waals surface area contributed by atoms with Crippen LogP contribution in [0.2, 0.25) is 0 Å². The smallest absolute Gasteiger partial charge is 0.0618 e. The summed E-state index contributed by atoms with van der Waals surface area (Å²) in [4.78, 5) is 2.48. The Hall–Kier alpha value is -7.94. The molecule has 0 atom stereocenters. The molecule has 0 fully saturated rings. The van der Waals surface area contributed by atoms with E-state index >= 15 is 0 Å². The lowest BCUT2D eigenvalue weighted by Crippen LogP contribution is -2.13. The number of para-hydroxylation sites is 3. The maximum atomic E-state index is 2.48. The van der Waals surface area contributed by atoms with Crippen LogP contribution in [-0.2, 0) is 0 Å². The summed E-state index contributed by atoms with van der Waals surface area (Å²) in [6.07, 6.45) is 0. The van der Waals surface area contributed by atoms with E-state index in [0.717, 1.165) is 45.0 Å². The van der Waals surface area contributed by atoms with Crippen LogP contribution in [0, 0.1) is 0 Å². The van der Waals surface area contributed by atoms with Crippen molar-refractivity contribution < 1.29 is 0 Å². The highest BCUT2D eigenvalue weighted by molar-refractivity contribution is 6.11. The fraction of sp³-hybridized carbons (Fsp3) is 0. The van der Waals surface area contributed by atoms with E-state index in [4.69, 9.17) is 0 Å². The van der Waals surface area contributed by atoms with Crippen molar-refractivity contribution in [1.29, 1.82) is 0 Å². The van der Waals surface area contributed by atoms with Crippen LogP contribution >= 0.6 is 0 Å². The number of nitrogens with zero attached hydrogens (tertiary/aromatic N) is 2. The Balaban J connectivity index is 1.21. The summed E-state index contributed by atoms with van der Waals surface area (Å²) >= 11 is 0. The quantitative estimate of drug-likeness (QED) is 0.150. The summed E-state index contributed by atoms with van der Waals surface area (Å²) in [6.45, 7) is 0. The van der Waals surface area contributed by atoms with Gasteiger partial charge in [0.2, 0.25) is 0 Å². The number of rotatable bonds is 8. The van der Waals surface area contributed by atoms with E-state index in [0.29, 0.717) is 0 Å². The molecule has 0 spiro atoms. The van der Waals surface area contributed by atoms with Crippen molar-refractivity contribution in [3.05, 3.63) is 243 Å². The molecule has 0 unspecified atom stereocenters. The summed E-state index contributed by atoms with van der Waals surface area (Å²) in [6, 6.07) is 88.1. The van der Waals surface area contributed by atoms with Crippen molar-refractivity contribution in [3.8, 4) is 50.2 Å². The van der Waals surface area contributed by atoms with Crippen molar-refractivity contribution in [2.75, 3.05) is 4.90 Å². The zero-order chi connectivity index (χ0) is 39.8. The van der Waals surface area contributed by atoms with Crippen LogP contribution in [0.4, 0.5) is 17.1 Å². The minimum Gasteiger partial charge on any atom is -0.309 e. The van der Waals surface area contributed by atoms with Crippen molar-refractivity contribution in [2.45, 2.75) is 0 Å². The topological polar surface area (TPSA) is 8.17 Å². The molecule has 10 aromatic carbocycles. The average molecular weight is 765 g/mol. The highest BCUT2D eigenvalue weighted by Gasteiger charge is 2.24. The third-order valence-corrected chi connectivity index (χ3v) is 11.8. The van der Waals surface area contributed by atoms with Gasteiger partial charge < -0.3 is 9.47 Å². The highest BCUT2D eigenvalue weighted by atomic mass is 15.1. The first kappa shape index (κ1) is 35.2. The van der Waals surface area contributed by atoms with Crippen molar-refractivity contribution >= 4 is 49.6 Å². The molecule has 60 heavy (non-hydrogen) atoms. The van der Waals surface area contributed by atoms with E-state index in [-0.39, 0.29) is 0 Å². The molecule has 0 aliphatic heterocycles. The largest absolute Gasteiger partial charge is 0.309 e. The fourth-order valence-electron chi connectivity index (χ4n) is 8.95. The molecule has 0 saturated carbocycles. The molecule has 11 aromatic rings. The van der Waals surface area contributed by atoms with Gasteiger partial charge in [-0.15, -0.1) is 0 Å². The second kappa shape index (κ2) is 15.1. The minimum atomic E-state index is 1.07. The van der Waals surface area contributed by atoms with Gasteiger partial charge in [0.15, 0.2) is 0 Å². The van der Waals surface area contributed by atoms with E-state index in [2.05, 4.69) is 252 Å². The number of hydrogen-bond donors (Lipinski definition) is 0. The maximum Gasteiger partial charge on any atom is 0.0618 e. The molecule has 0 aliphatic carbocycles.